The van der Waals surface area contributed by atoms with E-state index in [9.17, 15) is 0 Å². The van der Waals surface area contributed by atoms with Crippen molar-refractivity contribution in [1.82, 2.24) is 0 Å². The molecule has 2 aromatic carbocycles. The summed E-state index contributed by atoms with van der Waals surface area (Å²) in [6.07, 6.45) is 0. The van der Waals surface area contributed by atoms with Crippen molar-refractivity contribution in [3.8, 4) is 11.8 Å². The average Bonchev–Trinajstić information content (AvgIpc) is 2.45. The number of nitriles is 1. The topological polar surface area (TPSA) is 45.0 Å². The number of nitrogens with one attached hydrogen (secondary N) is 1. The highest BCUT2D eigenvalue weighted by atomic mass is 16.5. The normalized spacial score (nSPS) is 11.4. The van der Waals surface area contributed by atoms with E-state index in [0.717, 1.165) is 11.4 Å². The zero-order chi connectivity index (χ0) is 14.4. The summed E-state index contributed by atoms with van der Waals surface area (Å²) in [6.45, 7) is 4.28. The molecule has 1 N–H and O–H groups in total. The second kappa shape index (κ2) is 6.63. The van der Waals surface area contributed by atoms with Crippen LogP contribution in [0.4, 0.5) is 5.69 Å². The fourth-order valence-corrected chi connectivity index (χ4v) is 2.04. The highest BCUT2D eigenvalue weighted by Gasteiger charge is 2.05. The van der Waals surface area contributed by atoms with E-state index >= 15 is 0 Å². The number of anilines is 1. The Morgan fingerprint density at radius 3 is 2.60 bits per heavy atom. The van der Waals surface area contributed by atoms with Gasteiger partial charge in [0.25, 0.3) is 0 Å². The summed E-state index contributed by atoms with van der Waals surface area (Å²) in [7, 11) is 0. The van der Waals surface area contributed by atoms with Gasteiger partial charge in [-0.15, -0.1) is 0 Å². The van der Waals surface area contributed by atoms with Crippen molar-refractivity contribution in [2.75, 3.05) is 11.9 Å². The summed E-state index contributed by atoms with van der Waals surface area (Å²) in [5.74, 6) is 0.720. The fourth-order valence-electron chi connectivity index (χ4n) is 2.04. The summed E-state index contributed by atoms with van der Waals surface area (Å²) < 4.78 is 5.24. The second-order valence-corrected chi connectivity index (χ2v) is 4.75. The zero-order valence-corrected chi connectivity index (χ0v) is 11.8. The molecule has 20 heavy (non-hydrogen) atoms. The summed E-state index contributed by atoms with van der Waals surface area (Å²) in [5.41, 5.74) is 3.53. The van der Waals surface area contributed by atoms with E-state index in [1.165, 1.54) is 11.1 Å². The number of rotatable bonds is 5. The Balaban J connectivity index is 2.02. The molecule has 0 aliphatic carbocycles. The van der Waals surface area contributed by atoms with Gasteiger partial charge in [0.15, 0.2) is 6.61 Å². The van der Waals surface area contributed by atoms with Gasteiger partial charge in [0.1, 0.15) is 11.8 Å². The van der Waals surface area contributed by atoms with Crippen LogP contribution in [0.5, 0.6) is 5.75 Å². The molecule has 0 aromatic heterocycles. The largest absolute Gasteiger partial charge is 0.479 e. The standard InChI is InChI=1S/C17H18N2O/c1-13-4-3-5-16(12-13)19-14(2)15-6-8-17(9-7-15)20-11-10-18/h3-9,12,14,19H,11H2,1-2H3. The first-order valence-electron chi connectivity index (χ1n) is 6.62. The van der Waals surface area contributed by atoms with Crippen molar-refractivity contribution in [3.05, 3.63) is 59.7 Å². The average molecular weight is 266 g/mol. The van der Waals surface area contributed by atoms with Gasteiger partial charge in [0, 0.05) is 11.7 Å². The van der Waals surface area contributed by atoms with Crippen LogP contribution in [0.25, 0.3) is 0 Å². The fraction of sp³-hybridized carbons (Fsp3) is 0.235. The van der Waals surface area contributed by atoms with Gasteiger partial charge in [0.2, 0.25) is 0 Å². The maximum Gasteiger partial charge on any atom is 0.174 e. The molecule has 102 valence electrons. The van der Waals surface area contributed by atoms with E-state index in [-0.39, 0.29) is 12.6 Å². The third-order valence-corrected chi connectivity index (χ3v) is 3.08. The summed E-state index contributed by atoms with van der Waals surface area (Å²) in [6, 6.07) is 18.3. The molecule has 0 saturated heterocycles. The molecule has 0 saturated carbocycles. The van der Waals surface area contributed by atoms with Crippen LogP contribution < -0.4 is 10.1 Å². The Morgan fingerprint density at radius 1 is 1.20 bits per heavy atom. The van der Waals surface area contributed by atoms with Gasteiger partial charge < -0.3 is 10.1 Å². The van der Waals surface area contributed by atoms with Crippen LogP contribution in [-0.2, 0) is 0 Å². The molecule has 1 unspecified atom stereocenters. The minimum atomic E-state index is 0.0798. The quantitative estimate of drug-likeness (QED) is 0.887. The van der Waals surface area contributed by atoms with Crippen LogP contribution >= 0.6 is 0 Å². The molecule has 0 heterocycles. The van der Waals surface area contributed by atoms with Gasteiger partial charge in [-0.1, -0.05) is 24.3 Å². The molecule has 3 nitrogen and oxygen atoms in total. The molecule has 3 heteroatoms. The number of hydrogen-bond acceptors (Lipinski definition) is 3. The van der Waals surface area contributed by atoms with Crippen molar-refractivity contribution in [1.29, 1.82) is 5.26 Å². The van der Waals surface area contributed by atoms with Gasteiger partial charge in [-0.05, 0) is 49.2 Å². The Bertz CT molecular complexity index is 599. The van der Waals surface area contributed by atoms with Crippen LogP contribution in [0.15, 0.2) is 48.5 Å². The van der Waals surface area contributed by atoms with Crippen LogP contribution in [-0.4, -0.2) is 6.61 Å². The lowest BCUT2D eigenvalue weighted by Crippen LogP contribution is -2.06. The molecule has 1 atom stereocenters. The number of hydrogen-bond donors (Lipinski definition) is 1. The maximum absolute atomic E-state index is 8.47. The van der Waals surface area contributed by atoms with Crippen LogP contribution in [0.1, 0.15) is 24.1 Å². The second-order valence-electron chi connectivity index (χ2n) is 4.75. The van der Waals surface area contributed by atoms with Crippen molar-refractivity contribution in [2.45, 2.75) is 19.9 Å². The van der Waals surface area contributed by atoms with E-state index in [2.05, 4.69) is 37.4 Å². The minimum Gasteiger partial charge on any atom is -0.479 e. The molecule has 2 aromatic rings. The molecule has 0 aliphatic heterocycles. The monoisotopic (exact) mass is 266 g/mol. The third kappa shape index (κ3) is 3.76. The molecular weight excluding hydrogens is 248 g/mol. The summed E-state index contributed by atoms with van der Waals surface area (Å²) in [5, 5.41) is 11.9. The lowest BCUT2D eigenvalue weighted by Gasteiger charge is -2.16. The smallest absolute Gasteiger partial charge is 0.174 e. The Hall–Kier alpha value is -2.47. The highest BCUT2D eigenvalue weighted by Crippen LogP contribution is 2.22. The lowest BCUT2D eigenvalue weighted by atomic mass is 10.1. The SMILES string of the molecule is Cc1cccc(NC(C)c2ccc(OCC#N)cc2)c1. The van der Waals surface area contributed by atoms with Crippen molar-refractivity contribution in [2.24, 2.45) is 0 Å². The van der Waals surface area contributed by atoms with E-state index in [0.29, 0.717) is 0 Å². The van der Waals surface area contributed by atoms with E-state index in [1.54, 1.807) is 0 Å². The molecule has 0 amide bonds. The Labute approximate surface area is 119 Å². The molecule has 2 rings (SSSR count). The predicted octanol–water partition coefficient (Wildman–Crippen LogP) is 4.07. The van der Waals surface area contributed by atoms with E-state index in [4.69, 9.17) is 10.00 Å². The third-order valence-electron chi connectivity index (χ3n) is 3.08. The minimum absolute atomic E-state index is 0.0798. The van der Waals surface area contributed by atoms with Gasteiger partial charge in [-0.2, -0.15) is 5.26 Å². The summed E-state index contributed by atoms with van der Waals surface area (Å²) >= 11 is 0. The van der Waals surface area contributed by atoms with Crippen molar-refractivity contribution in [3.63, 3.8) is 0 Å². The zero-order valence-electron chi connectivity index (χ0n) is 11.8. The molecule has 0 fully saturated rings. The summed E-state index contributed by atoms with van der Waals surface area (Å²) in [4.78, 5) is 0. The van der Waals surface area contributed by atoms with Crippen LogP contribution in [0.2, 0.25) is 0 Å². The first-order valence-corrected chi connectivity index (χ1v) is 6.62. The van der Waals surface area contributed by atoms with Crippen molar-refractivity contribution < 1.29 is 4.74 Å². The number of ether oxygens (including phenoxy) is 1. The number of nitrogens with zero attached hydrogens (tertiary/aromatic N) is 1. The number of benzene rings is 2. The first kappa shape index (κ1) is 14.0. The van der Waals surface area contributed by atoms with E-state index < -0.39 is 0 Å². The molecule has 0 aliphatic rings. The van der Waals surface area contributed by atoms with E-state index in [1.807, 2.05) is 36.4 Å². The first-order chi connectivity index (χ1) is 9.69. The van der Waals surface area contributed by atoms with Crippen molar-refractivity contribution >= 4 is 5.69 Å². The highest BCUT2D eigenvalue weighted by molar-refractivity contribution is 5.47. The molecule has 0 radical (unpaired) electrons. The van der Waals surface area contributed by atoms with Gasteiger partial charge in [-0.3, -0.25) is 0 Å². The van der Waals surface area contributed by atoms with Gasteiger partial charge in [-0.25, -0.2) is 0 Å². The molecule has 0 bridgehead atoms. The molecule has 0 spiro atoms. The molecular formula is C17H18N2O. The van der Waals surface area contributed by atoms with Crippen LogP contribution in [0, 0.1) is 18.3 Å². The number of aryl methyl sites for hydroxylation is 1. The maximum atomic E-state index is 8.47. The van der Waals surface area contributed by atoms with Gasteiger partial charge >= 0.3 is 0 Å². The van der Waals surface area contributed by atoms with Gasteiger partial charge in [0.05, 0.1) is 0 Å². The lowest BCUT2D eigenvalue weighted by molar-refractivity contribution is 0.368. The van der Waals surface area contributed by atoms with Crippen LogP contribution in [0.3, 0.4) is 0 Å². The Kier molecular flexibility index (Phi) is 4.62. The predicted molar refractivity (Wildman–Crippen MR) is 80.8 cm³/mol. The Morgan fingerprint density at radius 2 is 1.95 bits per heavy atom.